The Bertz CT molecular complexity index is 624. The molecule has 1 saturated heterocycles. The number of para-hydroxylation sites is 1. The zero-order valence-electron chi connectivity index (χ0n) is 13.1. The van der Waals surface area contributed by atoms with Crippen LogP contribution in [0.3, 0.4) is 0 Å². The summed E-state index contributed by atoms with van der Waals surface area (Å²) in [6.07, 6.45) is 2.53. The molecule has 0 amide bonds. The summed E-state index contributed by atoms with van der Waals surface area (Å²) >= 11 is 5.97. The number of rotatable bonds is 6. The van der Waals surface area contributed by atoms with Crippen LogP contribution in [-0.2, 0) is 17.8 Å². The van der Waals surface area contributed by atoms with Crippen molar-refractivity contribution in [2.75, 3.05) is 13.2 Å². The zero-order valence-corrected chi connectivity index (χ0v) is 13.9. The highest BCUT2D eigenvalue weighted by atomic mass is 35.5. The Morgan fingerprint density at radius 2 is 1.87 bits per heavy atom. The van der Waals surface area contributed by atoms with E-state index in [1.807, 2.05) is 30.3 Å². The maximum Gasteiger partial charge on any atom is 0.120 e. The fourth-order valence-corrected chi connectivity index (χ4v) is 3.12. The first kappa shape index (κ1) is 16.3. The second-order valence-corrected chi connectivity index (χ2v) is 6.50. The Hall–Kier alpha value is -1.55. The molecule has 0 bridgehead atoms. The Kier molecular flexibility index (Phi) is 5.55. The van der Waals surface area contributed by atoms with Gasteiger partial charge in [0.15, 0.2) is 0 Å². The number of ether oxygens (including phenoxy) is 1. The van der Waals surface area contributed by atoms with E-state index >= 15 is 0 Å². The molecular weight excluding hydrogens is 310 g/mol. The van der Waals surface area contributed by atoms with Crippen LogP contribution in [-0.4, -0.2) is 29.3 Å². The second-order valence-electron chi connectivity index (χ2n) is 6.06. The molecule has 1 N–H and O–H groups in total. The summed E-state index contributed by atoms with van der Waals surface area (Å²) < 4.78 is 5.78. The van der Waals surface area contributed by atoms with Gasteiger partial charge < -0.3 is 9.84 Å². The molecule has 1 atom stereocenters. The highest BCUT2D eigenvalue weighted by Gasteiger charge is 2.20. The predicted molar refractivity (Wildman–Crippen MR) is 92.6 cm³/mol. The van der Waals surface area contributed by atoms with E-state index < -0.39 is 0 Å². The van der Waals surface area contributed by atoms with Crippen LogP contribution in [0.2, 0.25) is 5.02 Å². The molecule has 1 aliphatic rings. The van der Waals surface area contributed by atoms with E-state index in [9.17, 15) is 5.11 Å². The van der Waals surface area contributed by atoms with Gasteiger partial charge in [0.1, 0.15) is 5.75 Å². The number of halogens is 1. The van der Waals surface area contributed by atoms with Crippen molar-refractivity contribution in [1.29, 1.82) is 0 Å². The molecule has 0 aromatic heterocycles. The summed E-state index contributed by atoms with van der Waals surface area (Å²) in [6, 6.07) is 15.5. The van der Waals surface area contributed by atoms with Gasteiger partial charge in [0.25, 0.3) is 0 Å². The quantitative estimate of drug-likeness (QED) is 0.860. The molecule has 23 heavy (non-hydrogen) atoms. The van der Waals surface area contributed by atoms with Gasteiger partial charge in [0, 0.05) is 36.8 Å². The van der Waals surface area contributed by atoms with E-state index in [-0.39, 0.29) is 6.10 Å². The van der Waals surface area contributed by atoms with E-state index in [4.69, 9.17) is 16.3 Å². The van der Waals surface area contributed by atoms with Crippen molar-refractivity contribution in [2.24, 2.45) is 0 Å². The molecule has 0 spiro atoms. The van der Waals surface area contributed by atoms with Crippen LogP contribution >= 0.6 is 11.6 Å². The average Bonchev–Trinajstić information content (AvgIpc) is 3.05. The van der Waals surface area contributed by atoms with Crippen molar-refractivity contribution in [3.8, 4) is 5.75 Å². The first-order valence-corrected chi connectivity index (χ1v) is 8.44. The van der Waals surface area contributed by atoms with Crippen molar-refractivity contribution in [2.45, 2.75) is 32.0 Å². The number of benzene rings is 2. The molecule has 3 rings (SSSR count). The Morgan fingerprint density at radius 3 is 2.57 bits per heavy atom. The topological polar surface area (TPSA) is 32.7 Å². The smallest absolute Gasteiger partial charge is 0.120 e. The number of nitrogens with zero attached hydrogens (tertiary/aromatic N) is 1. The van der Waals surface area contributed by atoms with Crippen molar-refractivity contribution in [3.05, 3.63) is 64.7 Å². The lowest BCUT2D eigenvalue weighted by atomic mass is 10.1. The highest BCUT2D eigenvalue weighted by Crippen LogP contribution is 2.22. The van der Waals surface area contributed by atoms with E-state index in [1.165, 1.54) is 5.56 Å². The first-order chi connectivity index (χ1) is 11.2. The molecule has 3 nitrogen and oxygen atoms in total. The summed E-state index contributed by atoms with van der Waals surface area (Å²) in [6.45, 7) is 3.24. The molecule has 0 radical (unpaired) electrons. The second kappa shape index (κ2) is 7.82. The number of hydrogen-bond donors (Lipinski definition) is 1. The first-order valence-electron chi connectivity index (χ1n) is 8.06. The van der Waals surface area contributed by atoms with Crippen LogP contribution in [0.1, 0.15) is 24.0 Å². The van der Waals surface area contributed by atoms with Gasteiger partial charge in [-0.2, -0.15) is 0 Å². The normalized spacial score (nSPS) is 17.7. The Labute approximate surface area is 142 Å². The predicted octanol–water partition coefficient (Wildman–Crippen LogP) is 4.23. The van der Waals surface area contributed by atoms with E-state index in [2.05, 4.69) is 17.0 Å². The largest absolute Gasteiger partial charge is 0.508 e. The summed E-state index contributed by atoms with van der Waals surface area (Å²) in [7, 11) is 0. The summed E-state index contributed by atoms with van der Waals surface area (Å²) in [5.74, 6) is 0.348. The summed E-state index contributed by atoms with van der Waals surface area (Å²) in [5, 5.41) is 10.8. The molecule has 2 aromatic rings. The van der Waals surface area contributed by atoms with Gasteiger partial charge in [-0.05, 0) is 36.6 Å². The molecular formula is C19H22ClNO2. The molecule has 2 aromatic carbocycles. The van der Waals surface area contributed by atoms with Crippen molar-refractivity contribution in [1.82, 2.24) is 4.90 Å². The SMILES string of the molecule is Oc1ccccc1CN(Cc1ccc(Cl)cc1)CC1CCCO1. The molecule has 0 aliphatic carbocycles. The fraction of sp³-hybridized carbons (Fsp3) is 0.368. The standard InChI is InChI=1S/C19H22ClNO2/c20-17-9-7-15(8-10-17)12-21(14-18-5-3-11-23-18)13-16-4-1-2-6-19(16)22/h1-2,4,6-10,18,22H,3,5,11-14H2. The van der Waals surface area contributed by atoms with Gasteiger partial charge in [-0.3, -0.25) is 4.90 Å². The lowest BCUT2D eigenvalue weighted by Gasteiger charge is -2.25. The fourth-order valence-electron chi connectivity index (χ4n) is 2.99. The van der Waals surface area contributed by atoms with Crippen molar-refractivity contribution < 1.29 is 9.84 Å². The van der Waals surface area contributed by atoms with Gasteiger partial charge in [-0.15, -0.1) is 0 Å². The number of aromatic hydroxyl groups is 1. The van der Waals surface area contributed by atoms with Crippen molar-refractivity contribution >= 4 is 11.6 Å². The molecule has 1 aliphatic heterocycles. The van der Waals surface area contributed by atoms with Gasteiger partial charge in [-0.1, -0.05) is 41.9 Å². The Morgan fingerprint density at radius 1 is 1.09 bits per heavy atom. The highest BCUT2D eigenvalue weighted by molar-refractivity contribution is 6.30. The third-order valence-corrected chi connectivity index (χ3v) is 4.44. The van der Waals surface area contributed by atoms with Gasteiger partial charge in [-0.25, -0.2) is 0 Å². The minimum absolute atomic E-state index is 0.285. The summed E-state index contributed by atoms with van der Waals surface area (Å²) in [5.41, 5.74) is 2.15. The third kappa shape index (κ3) is 4.71. The Balaban J connectivity index is 1.72. The van der Waals surface area contributed by atoms with Crippen LogP contribution in [0.5, 0.6) is 5.75 Å². The number of phenols is 1. The number of phenolic OH excluding ortho intramolecular Hbond substituents is 1. The zero-order chi connectivity index (χ0) is 16.1. The van der Waals surface area contributed by atoms with Crippen LogP contribution < -0.4 is 0 Å². The van der Waals surface area contributed by atoms with E-state index in [0.29, 0.717) is 12.3 Å². The molecule has 122 valence electrons. The molecule has 0 saturated carbocycles. The van der Waals surface area contributed by atoms with Crippen LogP contribution in [0, 0.1) is 0 Å². The summed E-state index contributed by atoms with van der Waals surface area (Å²) in [4.78, 5) is 2.33. The maximum atomic E-state index is 10.0. The number of hydrogen-bond acceptors (Lipinski definition) is 3. The van der Waals surface area contributed by atoms with Crippen LogP contribution in [0.25, 0.3) is 0 Å². The third-order valence-electron chi connectivity index (χ3n) is 4.19. The molecule has 1 fully saturated rings. The van der Waals surface area contributed by atoms with Crippen LogP contribution in [0.4, 0.5) is 0 Å². The van der Waals surface area contributed by atoms with Gasteiger partial charge in [0.05, 0.1) is 6.10 Å². The van der Waals surface area contributed by atoms with E-state index in [1.54, 1.807) is 6.07 Å². The lowest BCUT2D eigenvalue weighted by Crippen LogP contribution is -2.31. The van der Waals surface area contributed by atoms with Gasteiger partial charge >= 0.3 is 0 Å². The minimum atomic E-state index is 0.285. The monoisotopic (exact) mass is 331 g/mol. The molecule has 1 heterocycles. The molecule has 1 unspecified atom stereocenters. The minimum Gasteiger partial charge on any atom is -0.508 e. The lowest BCUT2D eigenvalue weighted by molar-refractivity contribution is 0.0676. The van der Waals surface area contributed by atoms with Crippen LogP contribution in [0.15, 0.2) is 48.5 Å². The molecule has 4 heteroatoms. The maximum absolute atomic E-state index is 10.0. The average molecular weight is 332 g/mol. The van der Waals surface area contributed by atoms with Gasteiger partial charge in [0.2, 0.25) is 0 Å². The van der Waals surface area contributed by atoms with Crippen molar-refractivity contribution in [3.63, 3.8) is 0 Å². The van der Waals surface area contributed by atoms with E-state index in [0.717, 1.165) is 43.1 Å².